The van der Waals surface area contributed by atoms with Crippen LogP contribution in [-0.4, -0.2) is 10.8 Å². The molecule has 1 amide bonds. The second-order valence-corrected chi connectivity index (χ2v) is 5.05. The summed E-state index contributed by atoms with van der Waals surface area (Å²) in [6.07, 6.45) is 0. The predicted octanol–water partition coefficient (Wildman–Crippen LogP) is 4.12. The van der Waals surface area contributed by atoms with E-state index in [-0.39, 0.29) is 11.3 Å². The smallest absolute Gasteiger partial charge is 0.285 e. The molecule has 0 aliphatic rings. The Balaban J connectivity index is 2.35. The minimum atomic E-state index is -0.549. The van der Waals surface area contributed by atoms with E-state index in [1.54, 1.807) is 37.3 Å². The van der Waals surface area contributed by atoms with Crippen molar-refractivity contribution in [2.45, 2.75) is 13.8 Å². The second kappa shape index (κ2) is 5.93. The zero-order valence-corrected chi connectivity index (χ0v) is 12.3. The number of nitro benzene ring substituents is 1. The van der Waals surface area contributed by atoms with E-state index in [1.807, 2.05) is 6.92 Å². The number of carbonyl (C=O) groups excluding carboxylic acids is 1. The number of halogens is 1. The van der Waals surface area contributed by atoms with Gasteiger partial charge in [0.2, 0.25) is 0 Å². The van der Waals surface area contributed by atoms with Crippen molar-refractivity contribution >= 4 is 28.9 Å². The normalized spacial score (nSPS) is 10.2. The lowest BCUT2D eigenvalue weighted by Gasteiger charge is -2.08. The molecule has 0 radical (unpaired) electrons. The number of nitro groups is 1. The molecule has 1 N–H and O–H groups in total. The number of anilines is 1. The van der Waals surface area contributed by atoms with Gasteiger partial charge in [0.1, 0.15) is 5.56 Å². The molecule has 0 unspecified atom stereocenters. The summed E-state index contributed by atoms with van der Waals surface area (Å²) in [6, 6.07) is 9.70. The SMILES string of the molecule is Cc1ccc(NC(=O)c2cccc(C)c2[N+](=O)[O-])cc1Cl. The fourth-order valence-corrected chi connectivity index (χ4v) is 2.13. The lowest BCUT2D eigenvalue weighted by molar-refractivity contribution is -0.385. The third-order valence-electron chi connectivity index (χ3n) is 3.09. The molecule has 0 atom stereocenters. The highest BCUT2D eigenvalue weighted by Crippen LogP contribution is 2.25. The summed E-state index contributed by atoms with van der Waals surface area (Å²) in [5, 5.41) is 14.2. The van der Waals surface area contributed by atoms with Gasteiger partial charge in [0.15, 0.2) is 0 Å². The quantitative estimate of drug-likeness (QED) is 0.685. The molecule has 5 nitrogen and oxygen atoms in total. The number of nitrogens with one attached hydrogen (secondary N) is 1. The summed E-state index contributed by atoms with van der Waals surface area (Å²) in [5.41, 5.74) is 1.65. The molecule has 2 aromatic rings. The van der Waals surface area contributed by atoms with Gasteiger partial charge in [0.25, 0.3) is 11.6 Å². The molecular weight excluding hydrogens is 292 g/mol. The van der Waals surface area contributed by atoms with Crippen molar-refractivity contribution in [1.82, 2.24) is 0 Å². The van der Waals surface area contributed by atoms with Crippen LogP contribution in [0.3, 0.4) is 0 Å². The largest absolute Gasteiger partial charge is 0.322 e. The van der Waals surface area contributed by atoms with Crippen LogP contribution in [0.5, 0.6) is 0 Å². The lowest BCUT2D eigenvalue weighted by Crippen LogP contribution is -2.14. The zero-order chi connectivity index (χ0) is 15.6. The van der Waals surface area contributed by atoms with Gasteiger partial charge in [0, 0.05) is 16.3 Å². The van der Waals surface area contributed by atoms with Gasteiger partial charge in [-0.25, -0.2) is 0 Å². The first kappa shape index (κ1) is 15.0. The number of amides is 1. The van der Waals surface area contributed by atoms with Crippen molar-refractivity contribution in [2.75, 3.05) is 5.32 Å². The molecule has 0 spiro atoms. The molecule has 0 heterocycles. The molecule has 0 bridgehead atoms. The number of nitrogens with zero attached hydrogens (tertiary/aromatic N) is 1. The molecule has 2 rings (SSSR count). The van der Waals surface area contributed by atoms with Crippen LogP contribution in [0.2, 0.25) is 5.02 Å². The van der Waals surface area contributed by atoms with Crippen LogP contribution in [0.4, 0.5) is 11.4 Å². The molecule has 0 saturated heterocycles. The van der Waals surface area contributed by atoms with Crippen molar-refractivity contribution < 1.29 is 9.72 Å². The fraction of sp³-hybridized carbons (Fsp3) is 0.133. The first-order valence-corrected chi connectivity index (χ1v) is 6.59. The molecule has 6 heteroatoms. The summed E-state index contributed by atoms with van der Waals surface area (Å²) in [7, 11) is 0. The molecule has 0 saturated carbocycles. The maximum absolute atomic E-state index is 12.2. The highest BCUT2D eigenvalue weighted by molar-refractivity contribution is 6.31. The van der Waals surface area contributed by atoms with Crippen molar-refractivity contribution in [3.8, 4) is 0 Å². The number of aryl methyl sites for hydroxylation is 2. The molecule has 0 fully saturated rings. The number of benzene rings is 2. The predicted molar refractivity (Wildman–Crippen MR) is 82.0 cm³/mol. The summed E-state index contributed by atoms with van der Waals surface area (Å²) in [6.45, 7) is 3.44. The van der Waals surface area contributed by atoms with E-state index in [2.05, 4.69) is 5.32 Å². The zero-order valence-electron chi connectivity index (χ0n) is 11.5. The highest BCUT2D eigenvalue weighted by atomic mass is 35.5. The minimum absolute atomic E-state index is 0.0247. The second-order valence-electron chi connectivity index (χ2n) is 4.65. The van der Waals surface area contributed by atoms with Gasteiger partial charge in [-0.15, -0.1) is 0 Å². The van der Waals surface area contributed by atoms with Gasteiger partial charge in [-0.3, -0.25) is 14.9 Å². The van der Waals surface area contributed by atoms with Gasteiger partial charge < -0.3 is 5.32 Å². The molecule has 2 aromatic carbocycles. The van der Waals surface area contributed by atoms with Crippen molar-refractivity contribution in [2.24, 2.45) is 0 Å². The van der Waals surface area contributed by atoms with Crippen molar-refractivity contribution in [3.63, 3.8) is 0 Å². The van der Waals surface area contributed by atoms with Crippen LogP contribution in [0.15, 0.2) is 36.4 Å². The Bertz CT molecular complexity index is 729. The molecule has 0 aliphatic heterocycles. The molecule has 108 valence electrons. The van der Waals surface area contributed by atoms with Gasteiger partial charge in [-0.1, -0.05) is 29.8 Å². The number of hydrogen-bond donors (Lipinski definition) is 1. The van der Waals surface area contributed by atoms with Crippen LogP contribution < -0.4 is 5.32 Å². The van der Waals surface area contributed by atoms with Gasteiger partial charge >= 0.3 is 0 Å². The molecule has 21 heavy (non-hydrogen) atoms. The van der Waals surface area contributed by atoms with Crippen LogP contribution in [-0.2, 0) is 0 Å². The fourth-order valence-electron chi connectivity index (χ4n) is 1.95. The van der Waals surface area contributed by atoms with Gasteiger partial charge in [-0.2, -0.15) is 0 Å². The molecular formula is C15H13ClN2O3. The molecule has 0 aliphatic carbocycles. The Labute approximate surface area is 126 Å². The average molecular weight is 305 g/mol. The Kier molecular flexibility index (Phi) is 4.23. The lowest BCUT2D eigenvalue weighted by atomic mass is 10.1. The first-order chi connectivity index (χ1) is 9.90. The van der Waals surface area contributed by atoms with E-state index in [9.17, 15) is 14.9 Å². The van der Waals surface area contributed by atoms with Crippen molar-refractivity contribution in [3.05, 3.63) is 68.2 Å². The van der Waals surface area contributed by atoms with Gasteiger partial charge in [-0.05, 0) is 37.6 Å². The van der Waals surface area contributed by atoms with E-state index < -0.39 is 10.8 Å². The summed E-state index contributed by atoms with van der Waals surface area (Å²) < 4.78 is 0. The summed E-state index contributed by atoms with van der Waals surface area (Å²) >= 11 is 5.99. The number of hydrogen-bond acceptors (Lipinski definition) is 3. The third-order valence-corrected chi connectivity index (χ3v) is 3.50. The van der Waals surface area contributed by atoms with E-state index in [0.717, 1.165) is 5.56 Å². The topological polar surface area (TPSA) is 72.2 Å². The highest BCUT2D eigenvalue weighted by Gasteiger charge is 2.22. The van der Waals surface area contributed by atoms with Gasteiger partial charge in [0.05, 0.1) is 4.92 Å². The van der Waals surface area contributed by atoms with E-state index in [4.69, 9.17) is 11.6 Å². The Morgan fingerprint density at radius 3 is 2.52 bits per heavy atom. The number of rotatable bonds is 3. The summed E-state index contributed by atoms with van der Waals surface area (Å²) in [4.78, 5) is 22.8. The average Bonchev–Trinajstić information content (AvgIpc) is 2.42. The van der Waals surface area contributed by atoms with E-state index >= 15 is 0 Å². The van der Waals surface area contributed by atoms with Crippen LogP contribution in [0.1, 0.15) is 21.5 Å². The first-order valence-electron chi connectivity index (χ1n) is 6.21. The third kappa shape index (κ3) is 3.20. The molecule has 0 aromatic heterocycles. The minimum Gasteiger partial charge on any atom is -0.322 e. The number of para-hydroxylation sites is 1. The monoisotopic (exact) mass is 304 g/mol. The maximum Gasteiger partial charge on any atom is 0.285 e. The Morgan fingerprint density at radius 1 is 1.19 bits per heavy atom. The van der Waals surface area contributed by atoms with Crippen LogP contribution in [0, 0.1) is 24.0 Å². The van der Waals surface area contributed by atoms with Crippen LogP contribution in [0.25, 0.3) is 0 Å². The standard InChI is InChI=1S/C15H13ClN2O3/c1-9-6-7-11(8-13(9)16)17-15(19)12-5-3-4-10(2)14(12)18(20)21/h3-8H,1-2H3,(H,17,19). The Morgan fingerprint density at radius 2 is 1.90 bits per heavy atom. The Hall–Kier alpha value is -2.40. The number of carbonyl (C=O) groups is 1. The van der Waals surface area contributed by atoms with E-state index in [0.29, 0.717) is 16.3 Å². The van der Waals surface area contributed by atoms with Crippen LogP contribution >= 0.6 is 11.6 Å². The maximum atomic E-state index is 12.2. The summed E-state index contributed by atoms with van der Waals surface area (Å²) in [5.74, 6) is -0.537. The van der Waals surface area contributed by atoms with E-state index in [1.165, 1.54) is 6.07 Å². The van der Waals surface area contributed by atoms with Crippen molar-refractivity contribution in [1.29, 1.82) is 0 Å².